The van der Waals surface area contributed by atoms with Gasteiger partial charge in [0.05, 0.1) is 12.2 Å². The van der Waals surface area contributed by atoms with Crippen molar-refractivity contribution in [2.45, 2.75) is 47.3 Å². The average molecular weight is 414 g/mol. The molecule has 8 heteroatoms. The van der Waals surface area contributed by atoms with Crippen LogP contribution in [0.1, 0.15) is 52.9 Å². The molecule has 8 nitrogen and oxygen atoms in total. The molecule has 0 radical (unpaired) electrons. The first-order valence-electron chi connectivity index (χ1n) is 9.59. The number of carbonyl (C=O) groups excluding carboxylic acids is 4. The molecule has 0 saturated heterocycles. The van der Waals surface area contributed by atoms with Gasteiger partial charge in [-0.25, -0.2) is 4.79 Å². The zero-order chi connectivity index (χ0) is 22.4. The number of anilines is 1. The van der Waals surface area contributed by atoms with E-state index in [1.165, 1.54) is 13.8 Å². The van der Waals surface area contributed by atoms with Gasteiger partial charge in [-0.3, -0.25) is 14.4 Å². The van der Waals surface area contributed by atoms with E-state index in [9.17, 15) is 19.2 Å². The Kier molecular flexibility index (Phi) is 7.52. The molecule has 1 N–H and O–H groups in total. The van der Waals surface area contributed by atoms with Crippen molar-refractivity contribution in [2.24, 2.45) is 0 Å². The minimum absolute atomic E-state index is 0.120. The van der Waals surface area contributed by atoms with E-state index in [-0.39, 0.29) is 18.9 Å². The second-order valence-corrected chi connectivity index (χ2v) is 6.85. The molecule has 1 amide bonds. The van der Waals surface area contributed by atoms with Crippen LogP contribution in [0.3, 0.4) is 0 Å². The highest BCUT2D eigenvalue weighted by Gasteiger charge is 2.22. The van der Waals surface area contributed by atoms with Gasteiger partial charge in [0.15, 0.2) is 11.9 Å². The number of ketones is 1. The molecule has 30 heavy (non-hydrogen) atoms. The minimum Gasteiger partial charge on any atom is -0.462 e. The van der Waals surface area contributed by atoms with Crippen LogP contribution in [-0.4, -0.2) is 40.9 Å². The Morgan fingerprint density at radius 3 is 2.47 bits per heavy atom. The monoisotopic (exact) mass is 414 g/mol. The molecule has 0 aliphatic rings. The third kappa shape index (κ3) is 5.56. The van der Waals surface area contributed by atoms with Gasteiger partial charge < -0.3 is 19.4 Å². The molecule has 1 aromatic heterocycles. The van der Waals surface area contributed by atoms with E-state index in [0.717, 1.165) is 0 Å². The van der Waals surface area contributed by atoms with Crippen LogP contribution in [0.2, 0.25) is 0 Å². The average Bonchev–Trinajstić information content (AvgIpc) is 2.96. The molecule has 0 bridgehead atoms. The summed E-state index contributed by atoms with van der Waals surface area (Å²) >= 11 is 0. The molecule has 0 aliphatic heterocycles. The highest BCUT2D eigenvalue weighted by atomic mass is 16.5. The molecule has 1 aromatic carbocycles. The summed E-state index contributed by atoms with van der Waals surface area (Å²) in [6, 6.07) is 8.15. The number of aromatic nitrogens is 1. The van der Waals surface area contributed by atoms with E-state index in [0.29, 0.717) is 28.2 Å². The topological polar surface area (TPSA) is 104 Å². The number of rotatable bonds is 8. The van der Waals surface area contributed by atoms with Crippen molar-refractivity contribution in [3.8, 4) is 0 Å². The molecular weight excluding hydrogens is 388 g/mol. The van der Waals surface area contributed by atoms with Gasteiger partial charge in [0.1, 0.15) is 6.54 Å². The minimum atomic E-state index is -1.04. The van der Waals surface area contributed by atoms with Gasteiger partial charge in [0.25, 0.3) is 5.91 Å². The molecule has 1 unspecified atom stereocenters. The number of nitrogens with zero attached hydrogens (tertiary/aromatic N) is 1. The van der Waals surface area contributed by atoms with Crippen LogP contribution in [-0.2, 0) is 25.6 Å². The zero-order valence-electron chi connectivity index (χ0n) is 17.8. The third-order valence-corrected chi connectivity index (χ3v) is 4.57. The fraction of sp³-hybridized carbons (Fsp3) is 0.364. The van der Waals surface area contributed by atoms with E-state index in [2.05, 4.69) is 5.32 Å². The molecule has 160 valence electrons. The predicted molar refractivity (Wildman–Crippen MR) is 110 cm³/mol. The highest BCUT2D eigenvalue weighted by molar-refractivity contribution is 5.98. The van der Waals surface area contributed by atoms with Gasteiger partial charge in [-0.15, -0.1) is 0 Å². The fourth-order valence-corrected chi connectivity index (χ4v) is 2.94. The molecular formula is C22H26N2O6. The normalized spacial score (nSPS) is 11.5. The molecule has 0 fully saturated rings. The van der Waals surface area contributed by atoms with E-state index in [1.54, 1.807) is 55.7 Å². The molecule has 0 saturated carbocycles. The molecule has 1 atom stereocenters. The Balaban J connectivity index is 2.01. The number of carbonyl (C=O) groups is 4. The lowest BCUT2D eigenvalue weighted by atomic mass is 10.1. The number of hydrogen-bond donors (Lipinski definition) is 1. The van der Waals surface area contributed by atoms with Crippen molar-refractivity contribution in [2.75, 3.05) is 11.9 Å². The van der Waals surface area contributed by atoms with E-state index in [1.807, 2.05) is 0 Å². The van der Waals surface area contributed by atoms with Gasteiger partial charge in [-0.05, 0) is 52.8 Å². The van der Waals surface area contributed by atoms with Gasteiger partial charge >= 0.3 is 11.9 Å². The maximum absolute atomic E-state index is 12.3. The maximum Gasteiger partial charge on any atom is 0.339 e. The zero-order valence-corrected chi connectivity index (χ0v) is 17.8. The van der Waals surface area contributed by atoms with E-state index < -0.39 is 23.9 Å². The van der Waals surface area contributed by atoms with Crippen molar-refractivity contribution in [3.05, 3.63) is 52.8 Å². The number of Topliss-reactive ketones (excluding diaryl/α,β-unsaturated/α-hetero) is 1. The first kappa shape index (κ1) is 22.9. The standard InChI is InChI=1S/C22H26N2O6/c1-6-29-22(28)19-10-13(2)24(14(19)3)12-20(26)30-16(5)21(27)23-18-9-7-8-17(11-18)15(4)25/h7-11,16H,6,12H2,1-5H3,(H,23,27). The van der Waals surface area contributed by atoms with Crippen LogP contribution in [0.5, 0.6) is 0 Å². The van der Waals surface area contributed by atoms with Crippen LogP contribution in [0, 0.1) is 13.8 Å². The summed E-state index contributed by atoms with van der Waals surface area (Å²) in [4.78, 5) is 48.1. The van der Waals surface area contributed by atoms with Gasteiger partial charge in [0, 0.05) is 22.6 Å². The summed E-state index contributed by atoms with van der Waals surface area (Å²) in [6.45, 7) is 8.20. The van der Waals surface area contributed by atoms with Crippen LogP contribution >= 0.6 is 0 Å². The van der Waals surface area contributed by atoms with Gasteiger partial charge in [-0.2, -0.15) is 0 Å². The molecule has 0 spiro atoms. The fourth-order valence-electron chi connectivity index (χ4n) is 2.94. The first-order chi connectivity index (χ1) is 14.1. The number of hydrogen-bond acceptors (Lipinski definition) is 6. The van der Waals surface area contributed by atoms with Crippen LogP contribution in [0.4, 0.5) is 5.69 Å². The Morgan fingerprint density at radius 1 is 1.13 bits per heavy atom. The lowest BCUT2D eigenvalue weighted by molar-refractivity contribution is -0.153. The number of ether oxygens (including phenoxy) is 2. The molecule has 2 rings (SSSR count). The Hall–Kier alpha value is -3.42. The SMILES string of the molecule is CCOC(=O)c1cc(C)n(CC(=O)OC(C)C(=O)Nc2cccc(C(C)=O)c2)c1C. The lowest BCUT2D eigenvalue weighted by Gasteiger charge is -2.15. The summed E-state index contributed by atoms with van der Waals surface area (Å²) in [6.07, 6.45) is -1.04. The van der Waals surface area contributed by atoms with Gasteiger partial charge in [0.2, 0.25) is 0 Å². The van der Waals surface area contributed by atoms with Crippen molar-refractivity contribution in [1.29, 1.82) is 0 Å². The van der Waals surface area contributed by atoms with Crippen LogP contribution < -0.4 is 5.32 Å². The molecule has 0 aliphatic carbocycles. The van der Waals surface area contributed by atoms with Crippen molar-refractivity contribution < 1.29 is 28.7 Å². The second-order valence-electron chi connectivity index (χ2n) is 6.85. The maximum atomic E-state index is 12.3. The van der Waals surface area contributed by atoms with Crippen LogP contribution in [0.25, 0.3) is 0 Å². The van der Waals surface area contributed by atoms with Crippen LogP contribution in [0.15, 0.2) is 30.3 Å². The highest BCUT2D eigenvalue weighted by Crippen LogP contribution is 2.17. The molecule has 1 heterocycles. The summed E-state index contributed by atoms with van der Waals surface area (Å²) < 4.78 is 11.9. The third-order valence-electron chi connectivity index (χ3n) is 4.57. The molecule has 2 aromatic rings. The largest absolute Gasteiger partial charge is 0.462 e. The quantitative estimate of drug-likeness (QED) is 0.526. The van der Waals surface area contributed by atoms with E-state index >= 15 is 0 Å². The van der Waals surface area contributed by atoms with E-state index in [4.69, 9.17) is 9.47 Å². The van der Waals surface area contributed by atoms with Gasteiger partial charge in [-0.1, -0.05) is 12.1 Å². The number of nitrogens with one attached hydrogen (secondary N) is 1. The summed E-state index contributed by atoms with van der Waals surface area (Å²) in [7, 11) is 0. The summed E-state index contributed by atoms with van der Waals surface area (Å²) in [5.41, 5.74) is 2.57. The Labute approximate surface area is 175 Å². The Bertz CT molecular complexity index is 976. The van der Waals surface area contributed by atoms with Crippen molar-refractivity contribution >= 4 is 29.3 Å². The Morgan fingerprint density at radius 2 is 1.83 bits per heavy atom. The second kappa shape index (κ2) is 9.87. The number of benzene rings is 1. The summed E-state index contributed by atoms with van der Waals surface area (Å²) in [5.74, 6) is -1.71. The lowest BCUT2D eigenvalue weighted by Crippen LogP contribution is -2.31. The summed E-state index contributed by atoms with van der Waals surface area (Å²) in [5, 5.41) is 2.63. The number of amides is 1. The number of aryl methyl sites for hydroxylation is 1. The smallest absolute Gasteiger partial charge is 0.339 e. The first-order valence-corrected chi connectivity index (χ1v) is 9.59. The predicted octanol–water partition coefficient (Wildman–Crippen LogP) is 3.05. The van der Waals surface area contributed by atoms with Crippen molar-refractivity contribution in [1.82, 2.24) is 4.57 Å². The number of esters is 2. The van der Waals surface area contributed by atoms with Crippen molar-refractivity contribution in [3.63, 3.8) is 0 Å².